The predicted molar refractivity (Wildman–Crippen MR) is 68.2 cm³/mol. The first kappa shape index (κ1) is 12.7. The van der Waals surface area contributed by atoms with E-state index in [1.807, 2.05) is 6.07 Å². The van der Waals surface area contributed by atoms with Gasteiger partial charge in [0, 0.05) is 5.56 Å². The highest BCUT2D eigenvalue weighted by Crippen LogP contribution is 2.31. The fourth-order valence-electron chi connectivity index (χ4n) is 1.78. The molecule has 2 rings (SSSR count). The van der Waals surface area contributed by atoms with Crippen LogP contribution in [0.5, 0.6) is 11.8 Å². The van der Waals surface area contributed by atoms with Gasteiger partial charge in [0.2, 0.25) is 11.8 Å². The largest absolute Gasteiger partial charge is 0.494 e. The second kappa shape index (κ2) is 5.27. The molecular formula is C14H12N2O3. The number of ketones is 1. The number of carbonyl (C=O) groups excluding carboxylic acids is 1. The van der Waals surface area contributed by atoms with Crippen molar-refractivity contribution >= 4 is 5.78 Å². The average Bonchev–Trinajstić information content (AvgIpc) is 2.75. The number of nitrogens with one attached hydrogen (secondary N) is 1. The lowest BCUT2D eigenvalue weighted by Gasteiger charge is -2.04. The van der Waals surface area contributed by atoms with Crippen LogP contribution in [0.4, 0.5) is 0 Å². The zero-order valence-corrected chi connectivity index (χ0v) is 10.3. The molecule has 0 aliphatic carbocycles. The summed E-state index contributed by atoms with van der Waals surface area (Å²) in [6.45, 7) is 2.07. The fourth-order valence-corrected chi connectivity index (χ4v) is 1.78. The van der Waals surface area contributed by atoms with Crippen LogP contribution >= 0.6 is 0 Å². The first-order valence-corrected chi connectivity index (χ1v) is 5.76. The Labute approximate surface area is 110 Å². The number of nitrogens with zero attached hydrogens (tertiary/aromatic N) is 1. The van der Waals surface area contributed by atoms with Crippen LogP contribution < -0.4 is 4.74 Å². The lowest BCUT2D eigenvalue weighted by molar-refractivity contribution is 0.103. The van der Waals surface area contributed by atoms with Crippen molar-refractivity contribution in [3.05, 3.63) is 47.0 Å². The summed E-state index contributed by atoms with van der Waals surface area (Å²) in [7, 11) is 0. The van der Waals surface area contributed by atoms with Gasteiger partial charge >= 0.3 is 0 Å². The van der Waals surface area contributed by atoms with Crippen molar-refractivity contribution in [3.8, 4) is 17.8 Å². The highest BCUT2D eigenvalue weighted by Gasteiger charge is 2.25. The summed E-state index contributed by atoms with van der Waals surface area (Å²) in [6, 6.07) is 10.3. The summed E-state index contributed by atoms with van der Waals surface area (Å²) in [5.74, 6) is -0.604. The van der Waals surface area contributed by atoms with Crippen LogP contribution in [0.25, 0.3) is 0 Å². The summed E-state index contributed by atoms with van der Waals surface area (Å²) in [5, 5.41) is 18.7. The molecule has 1 aromatic heterocycles. The second-order valence-corrected chi connectivity index (χ2v) is 3.79. The monoisotopic (exact) mass is 256 g/mol. The summed E-state index contributed by atoms with van der Waals surface area (Å²) >= 11 is 0. The van der Waals surface area contributed by atoms with E-state index in [-0.39, 0.29) is 28.7 Å². The molecule has 0 saturated heterocycles. The first-order valence-electron chi connectivity index (χ1n) is 5.76. The van der Waals surface area contributed by atoms with Crippen LogP contribution in [-0.2, 0) is 0 Å². The predicted octanol–water partition coefficient (Wildman–Crippen LogP) is 2.22. The van der Waals surface area contributed by atoms with E-state index in [2.05, 4.69) is 4.98 Å². The third kappa shape index (κ3) is 2.29. The Kier molecular flexibility index (Phi) is 3.53. The Morgan fingerprint density at radius 2 is 2.11 bits per heavy atom. The lowest BCUT2D eigenvalue weighted by Crippen LogP contribution is -2.05. The molecule has 0 fully saturated rings. The number of hydrogen-bond acceptors (Lipinski definition) is 4. The molecule has 5 nitrogen and oxygen atoms in total. The maximum atomic E-state index is 12.4. The summed E-state index contributed by atoms with van der Waals surface area (Å²) in [4.78, 5) is 14.9. The first-order chi connectivity index (χ1) is 9.19. The molecule has 0 saturated carbocycles. The molecule has 0 bridgehead atoms. The molecule has 0 aliphatic heterocycles. The molecule has 1 aromatic carbocycles. The second-order valence-electron chi connectivity index (χ2n) is 3.79. The molecule has 5 heteroatoms. The van der Waals surface area contributed by atoms with Crippen LogP contribution in [0.1, 0.15) is 28.4 Å². The molecule has 0 atom stereocenters. The van der Waals surface area contributed by atoms with Crippen molar-refractivity contribution < 1.29 is 14.6 Å². The third-order valence-electron chi connectivity index (χ3n) is 2.61. The van der Waals surface area contributed by atoms with Crippen LogP contribution in [0.15, 0.2) is 30.3 Å². The van der Waals surface area contributed by atoms with E-state index in [0.717, 1.165) is 0 Å². The number of aromatic hydroxyl groups is 1. The molecule has 2 N–H and O–H groups in total. The van der Waals surface area contributed by atoms with Crippen LogP contribution in [0.3, 0.4) is 0 Å². The highest BCUT2D eigenvalue weighted by molar-refractivity contribution is 6.12. The van der Waals surface area contributed by atoms with Crippen LogP contribution in [0.2, 0.25) is 0 Å². The average molecular weight is 256 g/mol. The molecule has 96 valence electrons. The van der Waals surface area contributed by atoms with Gasteiger partial charge in [-0.3, -0.25) is 9.78 Å². The van der Waals surface area contributed by atoms with Gasteiger partial charge in [0.25, 0.3) is 0 Å². The van der Waals surface area contributed by atoms with Gasteiger partial charge in [0.1, 0.15) is 17.2 Å². The van der Waals surface area contributed by atoms with Crippen molar-refractivity contribution in [2.24, 2.45) is 0 Å². The quantitative estimate of drug-likeness (QED) is 0.821. The van der Waals surface area contributed by atoms with Gasteiger partial charge in [-0.1, -0.05) is 30.3 Å². The van der Waals surface area contributed by atoms with Crippen molar-refractivity contribution in [2.75, 3.05) is 6.61 Å². The minimum atomic E-state index is -0.364. The van der Waals surface area contributed by atoms with Crippen LogP contribution in [0, 0.1) is 11.3 Å². The number of hydrogen-bond donors (Lipinski definition) is 2. The zero-order chi connectivity index (χ0) is 13.8. The number of carbonyl (C=O) groups is 1. The number of H-pyrrole nitrogens is 1. The summed E-state index contributed by atoms with van der Waals surface area (Å²) in [5.41, 5.74) is 0.393. The van der Waals surface area contributed by atoms with E-state index in [0.29, 0.717) is 12.2 Å². The normalized spacial score (nSPS) is 9.89. The van der Waals surface area contributed by atoms with Crippen molar-refractivity contribution in [1.29, 1.82) is 5.26 Å². The smallest absolute Gasteiger partial charge is 0.210 e. The molecule has 0 spiro atoms. The minimum Gasteiger partial charge on any atom is -0.494 e. The molecule has 1 heterocycles. The molecule has 0 aliphatic rings. The number of benzene rings is 1. The van der Waals surface area contributed by atoms with Gasteiger partial charge in [-0.2, -0.15) is 5.26 Å². The SMILES string of the molecule is CCOc1[nH]c(O)c(C#N)c1C(=O)c1ccccc1. The molecule has 0 amide bonds. The van der Waals surface area contributed by atoms with Gasteiger partial charge in [0.05, 0.1) is 6.61 Å². The van der Waals surface area contributed by atoms with Gasteiger partial charge in [0.15, 0.2) is 5.78 Å². The van der Waals surface area contributed by atoms with E-state index in [1.54, 1.807) is 37.3 Å². The van der Waals surface area contributed by atoms with Crippen molar-refractivity contribution in [3.63, 3.8) is 0 Å². The Hall–Kier alpha value is -2.74. The molecule has 0 unspecified atom stereocenters. The Bertz CT molecular complexity index is 639. The Morgan fingerprint density at radius 3 is 2.68 bits per heavy atom. The Morgan fingerprint density at radius 1 is 1.42 bits per heavy atom. The number of rotatable bonds is 4. The molecular weight excluding hydrogens is 244 g/mol. The van der Waals surface area contributed by atoms with Gasteiger partial charge in [-0.15, -0.1) is 0 Å². The molecule has 19 heavy (non-hydrogen) atoms. The van der Waals surface area contributed by atoms with Gasteiger partial charge < -0.3 is 9.84 Å². The van der Waals surface area contributed by atoms with E-state index in [4.69, 9.17) is 10.00 Å². The maximum Gasteiger partial charge on any atom is 0.210 e. The molecule has 0 radical (unpaired) electrons. The zero-order valence-electron chi connectivity index (χ0n) is 10.3. The van der Waals surface area contributed by atoms with Crippen LogP contribution in [-0.4, -0.2) is 22.5 Å². The van der Waals surface area contributed by atoms with E-state index >= 15 is 0 Å². The number of nitriles is 1. The number of aromatic nitrogens is 1. The number of aromatic amines is 1. The molecule has 2 aromatic rings. The summed E-state index contributed by atoms with van der Waals surface area (Å²) < 4.78 is 5.26. The maximum absolute atomic E-state index is 12.4. The topological polar surface area (TPSA) is 86.1 Å². The highest BCUT2D eigenvalue weighted by atomic mass is 16.5. The van der Waals surface area contributed by atoms with Crippen molar-refractivity contribution in [2.45, 2.75) is 6.92 Å². The van der Waals surface area contributed by atoms with Gasteiger partial charge in [-0.25, -0.2) is 0 Å². The van der Waals surface area contributed by atoms with E-state index in [1.165, 1.54) is 0 Å². The minimum absolute atomic E-state index is 0.0630. The van der Waals surface area contributed by atoms with Crippen molar-refractivity contribution in [1.82, 2.24) is 4.98 Å². The standard InChI is InChI=1S/C14H12N2O3/c1-2-19-14-11(10(8-15)13(18)16-14)12(17)9-6-4-3-5-7-9/h3-7,16,18H,2H2,1H3. The number of ether oxygens (including phenoxy) is 1. The van der Waals surface area contributed by atoms with E-state index < -0.39 is 0 Å². The van der Waals surface area contributed by atoms with E-state index in [9.17, 15) is 9.90 Å². The Balaban J connectivity index is 2.55. The lowest BCUT2D eigenvalue weighted by atomic mass is 10.0. The fraction of sp³-hybridized carbons (Fsp3) is 0.143. The van der Waals surface area contributed by atoms with Gasteiger partial charge in [-0.05, 0) is 6.92 Å². The summed E-state index contributed by atoms with van der Waals surface area (Å²) in [6.07, 6.45) is 0. The third-order valence-corrected chi connectivity index (χ3v) is 2.61.